The van der Waals surface area contributed by atoms with Gasteiger partial charge >= 0.3 is 0 Å². The molecule has 0 saturated carbocycles. The summed E-state index contributed by atoms with van der Waals surface area (Å²) in [7, 11) is 0. The van der Waals surface area contributed by atoms with Gasteiger partial charge in [0.05, 0.1) is 12.4 Å². The molecule has 0 radical (unpaired) electrons. The molecular weight excluding hydrogens is 398 g/mol. The van der Waals surface area contributed by atoms with Gasteiger partial charge in [-0.2, -0.15) is 0 Å². The van der Waals surface area contributed by atoms with Crippen molar-refractivity contribution in [1.82, 2.24) is 35.2 Å². The lowest BCUT2D eigenvalue weighted by Gasteiger charge is -2.10. The van der Waals surface area contributed by atoms with E-state index >= 15 is 0 Å². The quantitative estimate of drug-likeness (QED) is 0.431. The number of rotatable bonds is 5. The second kappa shape index (κ2) is 7.68. The van der Waals surface area contributed by atoms with E-state index < -0.39 is 0 Å². The molecule has 30 heavy (non-hydrogen) atoms. The summed E-state index contributed by atoms with van der Waals surface area (Å²) >= 11 is 6.16. The number of fused-ring (bicyclic) bond motifs is 1. The molecule has 5 rings (SSSR count). The third-order valence-electron chi connectivity index (χ3n) is 5.17. The van der Waals surface area contributed by atoms with Gasteiger partial charge in [-0.15, -0.1) is 16.7 Å². The van der Waals surface area contributed by atoms with E-state index in [9.17, 15) is 0 Å². The van der Waals surface area contributed by atoms with Crippen molar-refractivity contribution in [2.75, 3.05) is 0 Å². The zero-order valence-electron chi connectivity index (χ0n) is 16.2. The van der Waals surface area contributed by atoms with Crippen molar-refractivity contribution in [3.8, 4) is 22.5 Å². The molecule has 2 aromatic carbocycles. The predicted octanol–water partition coefficient (Wildman–Crippen LogP) is 4.37. The summed E-state index contributed by atoms with van der Waals surface area (Å²) < 4.78 is 2.08. The standard InChI is InChI=1S/C22H18ClN7/c1-14-10-11-24-22-20(14)25-19(12-23)30(22)13-15-6-8-16(9-7-15)17-4-2-3-5-18(17)21-26-28-29-27-21/h2-11H,12-13H2,1H3,(H,26,27,28,29). The fraction of sp³-hybridized carbons (Fsp3) is 0.136. The van der Waals surface area contributed by atoms with Crippen molar-refractivity contribution in [2.24, 2.45) is 0 Å². The first-order valence-electron chi connectivity index (χ1n) is 9.53. The van der Waals surface area contributed by atoms with Gasteiger partial charge in [0.2, 0.25) is 0 Å². The van der Waals surface area contributed by atoms with Gasteiger partial charge in [0.1, 0.15) is 11.3 Å². The van der Waals surface area contributed by atoms with E-state index in [0.29, 0.717) is 18.2 Å². The SMILES string of the molecule is Cc1ccnc2c1nc(CCl)n2Cc1ccc(-c2ccccc2-c2nnn[nH]2)cc1. The molecule has 0 bridgehead atoms. The number of imidazole rings is 1. The first kappa shape index (κ1) is 18.4. The molecule has 1 N–H and O–H groups in total. The van der Waals surface area contributed by atoms with Crippen LogP contribution in [0.1, 0.15) is 17.0 Å². The second-order valence-electron chi connectivity index (χ2n) is 7.04. The molecule has 0 spiro atoms. The first-order valence-corrected chi connectivity index (χ1v) is 10.1. The van der Waals surface area contributed by atoms with Gasteiger partial charge in [0, 0.05) is 11.8 Å². The largest absolute Gasteiger partial charge is 0.307 e. The summed E-state index contributed by atoms with van der Waals surface area (Å²) in [6, 6.07) is 18.5. The molecule has 0 aliphatic carbocycles. The van der Waals surface area contributed by atoms with Crippen LogP contribution < -0.4 is 0 Å². The highest BCUT2D eigenvalue weighted by Crippen LogP contribution is 2.30. The fourth-order valence-electron chi connectivity index (χ4n) is 3.64. The lowest BCUT2D eigenvalue weighted by Crippen LogP contribution is -2.04. The van der Waals surface area contributed by atoms with Crippen LogP contribution in [0, 0.1) is 6.92 Å². The summed E-state index contributed by atoms with van der Waals surface area (Å²) in [6.45, 7) is 2.69. The number of H-pyrrole nitrogens is 1. The van der Waals surface area contributed by atoms with E-state index in [1.54, 1.807) is 0 Å². The minimum atomic E-state index is 0.340. The Morgan fingerprint density at radius 3 is 2.53 bits per heavy atom. The van der Waals surface area contributed by atoms with Gasteiger partial charge in [0.15, 0.2) is 11.5 Å². The molecule has 0 aliphatic rings. The summed E-state index contributed by atoms with van der Waals surface area (Å²) in [6.07, 6.45) is 1.81. The molecule has 3 heterocycles. The van der Waals surface area contributed by atoms with Crippen LogP contribution in [-0.4, -0.2) is 35.2 Å². The molecular formula is C22H18ClN7. The van der Waals surface area contributed by atoms with Crippen LogP contribution in [0.15, 0.2) is 60.8 Å². The number of aromatic amines is 1. The average molecular weight is 416 g/mol. The molecule has 0 aliphatic heterocycles. The molecule has 7 nitrogen and oxygen atoms in total. The number of aromatic nitrogens is 7. The number of pyridine rings is 1. The Morgan fingerprint density at radius 2 is 1.80 bits per heavy atom. The maximum atomic E-state index is 6.16. The topological polar surface area (TPSA) is 85.2 Å². The van der Waals surface area contributed by atoms with Crippen LogP contribution in [0.25, 0.3) is 33.7 Å². The minimum absolute atomic E-state index is 0.340. The Bertz CT molecular complexity index is 1310. The van der Waals surface area contributed by atoms with Crippen molar-refractivity contribution < 1.29 is 0 Å². The molecule has 0 fully saturated rings. The summed E-state index contributed by atoms with van der Waals surface area (Å²) in [5.74, 6) is 1.81. The molecule has 0 unspecified atom stereocenters. The van der Waals surface area contributed by atoms with E-state index in [1.807, 2.05) is 37.4 Å². The van der Waals surface area contributed by atoms with Crippen LogP contribution in [-0.2, 0) is 12.4 Å². The summed E-state index contributed by atoms with van der Waals surface area (Å²) in [4.78, 5) is 9.21. The number of nitrogens with one attached hydrogen (secondary N) is 1. The number of tetrazole rings is 1. The molecule has 3 aromatic heterocycles. The van der Waals surface area contributed by atoms with Crippen LogP contribution in [0.4, 0.5) is 0 Å². The number of benzene rings is 2. The Balaban J connectivity index is 1.49. The van der Waals surface area contributed by atoms with E-state index in [-0.39, 0.29) is 0 Å². The van der Waals surface area contributed by atoms with E-state index in [0.717, 1.165) is 44.8 Å². The normalized spacial score (nSPS) is 11.3. The number of hydrogen-bond acceptors (Lipinski definition) is 5. The van der Waals surface area contributed by atoms with Gasteiger partial charge in [-0.3, -0.25) is 0 Å². The molecule has 0 atom stereocenters. The van der Waals surface area contributed by atoms with Crippen molar-refractivity contribution >= 4 is 22.8 Å². The predicted molar refractivity (Wildman–Crippen MR) is 116 cm³/mol. The molecule has 148 valence electrons. The number of halogens is 1. The third kappa shape index (κ3) is 3.23. The highest BCUT2D eigenvalue weighted by atomic mass is 35.5. The van der Waals surface area contributed by atoms with Gasteiger partial charge < -0.3 is 4.57 Å². The summed E-state index contributed by atoms with van der Waals surface area (Å²) in [5.41, 5.74) is 7.12. The van der Waals surface area contributed by atoms with Crippen molar-refractivity contribution in [3.63, 3.8) is 0 Å². The highest BCUT2D eigenvalue weighted by molar-refractivity contribution is 6.16. The Morgan fingerprint density at radius 1 is 1.00 bits per heavy atom. The Kier molecular flexibility index (Phi) is 4.72. The van der Waals surface area contributed by atoms with Crippen LogP contribution in [0.5, 0.6) is 0 Å². The zero-order chi connectivity index (χ0) is 20.5. The van der Waals surface area contributed by atoms with E-state index in [4.69, 9.17) is 11.6 Å². The van der Waals surface area contributed by atoms with Gasteiger partial charge in [-0.25, -0.2) is 15.1 Å². The van der Waals surface area contributed by atoms with Crippen molar-refractivity contribution in [2.45, 2.75) is 19.3 Å². The molecule has 0 saturated heterocycles. The van der Waals surface area contributed by atoms with Gasteiger partial charge in [0.25, 0.3) is 0 Å². The monoisotopic (exact) mass is 415 g/mol. The Labute approximate surface area is 177 Å². The van der Waals surface area contributed by atoms with Crippen LogP contribution in [0.3, 0.4) is 0 Å². The van der Waals surface area contributed by atoms with Gasteiger partial charge in [-0.05, 0) is 45.7 Å². The maximum absolute atomic E-state index is 6.16. The molecule has 5 aromatic rings. The van der Waals surface area contributed by atoms with Crippen molar-refractivity contribution in [3.05, 3.63) is 77.7 Å². The highest BCUT2D eigenvalue weighted by Gasteiger charge is 2.14. The molecule has 8 heteroatoms. The number of alkyl halides is 1. The van der Waals surface area contributed by atoms with E-state index in [1.165, 1.54) is 0 Å². The van der Waals surface area contributed by atoms with Crippen molar-refractivity contribution in [1.29, 1.82) is 0 Å². The van der Waals surface area contributed by atoms with Crippen LogP contribution >= 0.6 is 11.6 Å². The van der Waals surface area contributed by atoms with Gasteiger partial charge in [-0.1, -0.05) is 48.5 Å². The first-order chi connectivity index (χ1) is 14.7. The number of aryl methyl sites for hydroxylation is 1. The smallest absolute Gasteiger partial charge is 0.180 e. The second-order valence-corrected chi connectivity index (χ2v) is 7.31. The average Bonchev–Trinajstić information content (AvgIpc) is 3.44. The maximum Gasteiger partial charge on any atom is 0.180 e. The van der Waals surface area contributed by atoms with Crippen LogP contribution in [0.2, 0.25) is 0 Å². The number of nitrogens with zero attached hydrogens (tertiary/aromatic N) is 6. The number of hydrogen-bond donors (Lipinski definition) is 1. The lowest BCUT2D eigenvalue weighted by atomic mass is 9.98. The lowest BCUT2D eigenvalue weighted by molar-refractivity contribution is 0.770. The summed E-state index contributed by atoms with van der Waals surface area (Å²) in [5, 5.41) is 14.3. The minimum Gasteiger partial charge on any atom is -0.307 e. The Hall–Kier alpha value is -3.58. The molecule has 0 amide bonds. The fourth-order valence-corrected chi connectivity index (χ4v) is 3.84. The third-order valence-corrected chi connectivity index (χ3v) is 5.41. The van der Waals surface area contributed by atoms with E-state index in [2.05, 4.69) is 65.5 Å². The zero-order valence-corrected chi connectivity index (χ0v) is 17.0.